The molecule has 1 aromatic rings. The summed E-state index contributed by atoms with van der Waals surface area (Å²) in [5.41, 5.74) is 1.91. The van der Waals surface area contributed by atoms with E-state index in [1.165, 1.54) is 11.4 Å². The highest BCUT2D eigenvalue weighted by Crippen LogP contribution is 2.06. The molecule has 0 aromatic heterocycles. The fourth-order valence-electron chi connectivity index (χ4n) is 1.18. The normalized spacial score (nSPS) is 14.2. The van der Waals surface area contributed by atoms with Crippen molar-refractivity contribution < 1.29 is 4.43 Å². The lowest BCUT2D eigenvalue weighted by molar-refractivity contribution is 0.493. The van der Waals surface area contributed by atoms with Crippen LogP contribution in [0.3, 0.4) is 0 Å². The van der Waals surface area contributed by atoms with Crippen LogP contribution in [0.5, 0.6) is 0 Å². The van der Waals surface area contributed by atoms with E-state index in [4.69, 9.17) is 4.43 Å². The second-order valence-corrected chi connectivity index (χ2v) is 6.40. The van der Waals surface area contributed by atoms with Gasteiger partial charge < -0.3 is 4.43 Å². The van der Waals surface area contributed by atoms with Crippen molar-refractivity contribution in [3.63, 3.8) is 0 Å². The Morgan fingerprint density at radius 3 is 2.31 bits per heavy atom. The Kier molecular flexibility index (Phi) is 3.09. The zero-order chi connectivity index (χ0) is 9.73. The van der Waals surface area contributed by atoms with Crippen LogP contribution in [0.4, 0.5) is 0 Å². The maximum atomic E-state index is 5.55. The number of hydrogen-bond donors (Lipinski definition) is 0. The average Bonchev–Trinajstić information content (AvgIpc) is 2.19. The fourth-order valence-corrected chi connectivity index (χ4v) is 2.84. The summed E-state index contributed by atoms with van der Waals surface area (Å²) in [4.78, 5) is 0. The van der Waals surface area contributed by atoms with Gasteiger partial charge in [-0.25, -0.2) is 0 Å². The van der Waals surface area contributed by atoms with Crippen molar-refractivity contribution in [2.24, 2.45) is 0 Å². The molecule has 0 spiro atoms. The summed E-state index contributed by atoms with van der Waals surface area (Å²) in [6.45, 7) is 9.49. The summed E-state index contributed by atoms with van der Waals surface area (Å²) in [5, 5.41) is 1.21. The second-order valence-electron chi connectivity index (χ2n) is 2.96. The van der Waals surface area contributed by atoms with Gasteiger partial charge in [-0.05, 0) is 11.7 Å². The van der Waals surface area contributed by atoms with Gasteiger partial charge >= 0.3 is 8.32 Å². The minimum atomic E-state index is -1.95. The van der Waals surface area contributed by atoms with Crippen LogP contribution in [0, 0.1) is 0 Å². The Hall–Kier alpha value is -1.28. The third-order valence-electron chi connectivity index (χ3n) is 2.06. The molecule has 0 saturated carbocycles. The summed E-state index contributed by atoms with van der Waals surface area (Å²) in [6, 6.07) is 10.1. The standard InChI is InChI=1S/C11H14OSi/c1-4-12-13(3,5-2)11-9-7-6-8-10-11/h4-10H,1-2H2,3H3. The topological polar surface area (TPSA) is 9.23 Å². The van der Waals surface area contributed by atoms with Gasteiger partial charge in [-0.3, -0.25) is 0 Å². The lowest BCUT2D eigenvalue weighted by Crippen LogP contribution is -2.44. The van der Waals surface area contributed by atoms with Crippen molar-refractivity contribution in [2.45, 2.75) is 6.55 Å². The van der Waals surface area contributed by atoms with Crippen LogP contribution in [0.25, 0.3) is 0 Å². The Morgan fingerprint density at radius 1 is 1.23 bits per heavy atom. The van der Waals surface area contributed by atoms with Gasteiger partial charge in [0.15, 0.2) is 0 Å². The van der Waals surface area contributed by atoms with Gasteiger partial charge in [0, 0.05) is 0 Å². The van der Waals surface area contributed by atoms with Gasteiger partial charge in [0.05, 0.1) is 6.26 Å². The number of benzene rings is 1. The molecule has 0 radical (unpaired) electrons. The van der Waals surface area contributed by atoms with Crippen molar-refractivity contribution >= 4 is 13.5 Å². The van der Waals surface area contributed by atoms with E-state index in [0.29, 0.717) is 0 Å². The molecular weight excluding hydrogens is 176 g/mol. The van der Waals surface area contributed by atoms with Crippen LogP contribution in [0.1, 0.15) is 0 Å². The smallest absolute Gasteiger partial charge is 0.303 e. The van der Waals surface area contributed by atoms with Gasteiger partial charge in [-0.2, -0.15) is 0 Å². The monoisotopic (exact) mass is 190 g/mol. The van der Waals surface area contributed by atoms with E-state index < -0.39 is 8.32 Å². The molecular formula is C11H14OSi. The Bertz CT molecular complexity index is 294. The fraction of sp³-hybridized carbons (Fsp3) is 0.0909. The minimum absolute atomic E-state index is 1.21. The van der Waals surface area contributed by atoms with E-state index in [0.717, 1.165) is 0 Å². The predicted molar refractivity (Wildman–Crippen MR) is 59.2 cm³/mol. The van der Waals surface area contributed by atoms with E-state index in [1.54, 1.807) is 0 Å². The van der Waals surface area contributed by atoms with Crippen LogP contribution in [-0.2, 0) is 4.43 Å². The third kappa shape index (κ3) is 2.09. The minimum Gasteiger partial charge on any atom is -0.542 e. The molecule has 2 heteroatoms. The molecule has 0 fully saturated rings. The number of rotatable bonds is 4. The highest BCUT2D eigenvalue weighted by molar-refractivity contribution is 6.89. The second kappa shape index (κ2) is 4.10. The van der Waals surface area contributed by atoms with Gasteiger partial charge in [-0.15, -0.1) is 6.58 Å². The van der Waals surface area contributed by atoms with Crippen LogP contribution < -0.4 is 5.19 Å². The van der Waals surface area contributed by atoms with E-state index in [9.17, 15) is 0 Å². The molecule has 0 aliphatic carbocycles. The highest BCUT2D eigenvalue weighted by Gasteiger charge is 2.27. The van der Waals surface area contributed by atoms with E-state index in [2.05, 4.69) is 31.8 Å². The molecule has 1 unspecified atom stereocenters. The molecule has 0 aliphatic heterocycles. The van der Waals surface area contributed by atoms with Crippen molar-refractivity contribution in [1.82, 2.24) is 0 Å². The van der Waals surface area contributed by atoms with Gasteiger partial charge in [0.2, 0.25) is 0 Å². The lowest BCUT2D eigenvalue weighted by atomic mass is 10.4. The molecule has 0 amide bonds. The Morgan fingerprint density at radius 2 is 1.85 bits per heavy atom. The van der Waals surface area contributed by atoms with Gasteiger partial charge in [-0.1, -0.05) is 42.6 Å². The molecule has 0 bridgehead atoms. The van der Waals surface area contributed by atoms with Crippen LogP contribution in [0.2, 0.25) is 6.55 Å². The molecule has 1 rings (SSSR count). The Labute approximate surface area is 80.5 Å². The molecule has 0 aliphatic rings. The largest absolute Gasteiger partial charge is 0.542 e. The quantitative estimate of drug-likeness (QED) is 0.523. The first-order valence-corrected chi connectivity index (χ1v) is 6.69. The lowest BCUT2D eigenvalue weighted by Gasteiger charge is -2.22. The molecule has 1 atom stereocenters. The molecule has 0 N–H and O–H groups in total. The van der Waals surface area contributed by atoms with E-state index in [1.807, 2.05) is 23.9 Å². The summed E-state index contributed by atoms with van der Waals surface area (Å²) in [5.74, 6) is 0. The molecule has 0 saturated heterocycles. The Balaban J connectivity index is 3.02. The molecule has 68 valence electrons. The summed E-state index contributed by atoms with van der Waals surface area (Å²) in [7, 11) is -1.95. The zero-order valence-corrected chi connectivity index (χ0v) is 8.86. The van der Waals surface area contributed by atoms with Crippen molar-refractivity contribution in [2.75, 3.05) is 0 Å². The maximum Gasteiger partial charge on any atom is 0.303 e. The zero-order valence-electron chi connectivity index (χ0n) is 7.86. The van der Waals surface area contributed by atoms with Crippen molar-refractivity contribution in [1.29, 1.82) is 0 Å². The molecule has 0 heterocycles. The first-order chi connectivity index (χ1) is 6.23. The van der Waals surface area contributed by atoms with Crippen molar-refractivity contribution in [3.8, 4) is 0 Å². The van der Waals surface area contributed by atoms with E-state index in [-0.39, 0.29) is 0 Å². The average molecular weight is 190 g/mol. The van der Waals surface area contributed by atoms with Gasteiger partial charge in [0.25, 0.3) is 0 Å². The summed E-state index contributed by atoms with van der Waals surface area (Å²) in [6.07, 6.45) is 1.50. The highest BCUT2D eigenvalue weighted by atomic mass is 28.4. The van der Waals surface area contributed by atoms with Crippen LogP contribution in [0.15, 0.2) is 55.5 Å². The first kappa shape index (κ1) is 9.80. The maximum absolute atomic E-state index is 5.55. The van der Waals surface area contributed by atoms with Crippen molar-refractivity contribution in [3.05, 3.63) is 55.5 Å². The van der Waals surface area contributed by atoms with Crippen LogP contribution >= 0.6 is 0 Å². The summed E-state index contributed by atoms with van der Waals surface area (Å²) < 4.78 is 5.55. The molecule has 1 nitrogen and oxygen atoms in total. The first-order valence-electron chi connectivity index (χ1n) is 4.21. The third-order valence-corrected chi connectivity index (χ3v) is 4.98. The summed E-state index contributed by atoms with van der Waals surface area (Å²) >= 11 is 0. The predicted octanol–water partition coefficient (Wildman–Crippen LogP) is 2.35. The van der Waals surface area contributed by atoms with E-state index >= 15 is 0 Å². The molecule has 13 heavy (non-hydrogen) atoms. The SMILES string of the molecule is C=CO[Si](C)(C=C)c1ccccc1. The van der Waals surface area contributed by atoms with Crippen LogP contribution in [-0.4, -0.2) is 8.32 Å². The van der Waals surface area contributed by atoms with Gasteiger partial charge in [0.1, 0.15) is 0 Å². The molecule has 1 aromatic carbocycles. The number of hydrogen-bond acceptors (Lipinski definition) is 1.